The predicted molar refractivity (Wildman–Crippen MR) is 80.1 cm³/mol. The van der Waals surface area contributed by atoms with Gasteiger partial charge in [-0.2, -0.15) is 0 Å². The number of alkyl halides is 1. The fourth-order valence-electron chi connectivity index (χ4n) is 2.30. The Morgan fingerprint density at radius 3 is 2.73 bits per heavy atom. The second kappa shape index (κ2) is 6.05. The summed E-state index contributed by atoms with van der Waals surface area (Å²) in [4.78, 5) is 11.5. The van der Waals surface area contributed by atoms with Crippen molar-refractivity contribution < 1.29 is 13.4 Å². The lowest BCUT2D eigenvalue weighted by molar-refractivity contribution is -0.114. The number of nitrogens with zero attached hydrogens (tertiary/aromatic N) is 4. The minimum atomic E-state index is -1.73. The van der Waals surface area contributed by atoms with Gasteiger partial charge in [-0.25, -0.2) is 9.07 Å². The molecule has 1 aromatic rings. The summed E-state index contributed by atoms with van der Waals surface area (Å²) in [6.45, 7) is 1.63. The van der Waals surface area contributed by atoms with Crippen LogP contribution < -0.4 is 5.73 Å². The van der Waals surface area contributed by atoms with Crippen molar-refractivity contribution in [2.45, 2.75) is 17.0 Å². The van der Waals surface area contributed by atoms with Crippen molar-refractivity contribution >= 4 is 39.9 Å². The number of tetrazole rings is 1. The molecule has 1 aliphatic carbocycles. The van der Waals surface area contributed by atoms with Crippen molar-refractivity contribution in [1.29, 1.82) is 0 Å². The molecule has 22 heavy (non-hydrogen) atoms. The third kappa shape index (κ3) is 2.27. The van der Waals surface area contributed by atoms with Crippen molar-refractivity contribution in [3.05, 3.63) is 28.3 Å². The molecule has 2 rings (SSSR count). The zero-order chi connectivity index (χ0) is 16.7. The van der Waals surface area contributed by atoms with E-state index in [4.69, 9.17) is 28.9 Å². The first-order valence-electron chi connectivity index (χ1n) is 6.10. The highest BCUT2D eigenvalue weighted by atomic mass is 35.5. The molecule has 1 heterocycles. The van der Waals surface area contributed by atoms with Crippen LogP contribution in [0.1, 0.15) is 12.7 Å². The van der Waals surface area contributed by atoms with Crippen LogP contribution in [0.15, 0.2) is 22.5 Å². The van der Waals surface area contributed by atoms with E-state index in [2.05, 4.69) is 15.5 Å². The first kappa shape index (κ1) is 17.0. The third-order valence-corrected chi connectivity index (χ3v) is 6.39. The van der Waals surface area contributed by atoms with E-state index < -0.39 is 38.2 Å². The standard InChI is InChI=1S/C11H12Cl2FN5O2S/c1-3-22(21)11(10-16-17-18-19(10)2)6(12)4-5(14)7(8(11)13)9(15)20/h4,8H,3H2,1-2H3,(H2,15,20). The molecule has 3 atom stereocenters. The molecule has 1 aliphatic rings. The van der Waals surface area contributed by atoms with Crippen LogP contribution in [-0.2, 0) is 27.4 Å². The Kier molecular flexibility index (Phi) is 4.69. The zero-order valence-electron chi connectivity index (χ0n) is 11.6. The number of carbonyl (C=O) groups is 1. The summed E-state index contributed by atoms with van der Waals surface area (Å²) < 4.78 is 26.3. The van der Waals surface area contributed by atoms with Crippen LogP contribution in [-0.4, -0.2) is 41.5 Å². The Hall–Kier alpha value is -1.32. The lowest BCUT2D eigenvalue weighted by Crippen LogP contribution is -2.48. The van der Waals surface area contributed by atoms with Gasteiger partial charge in [0, 0.05) is 28.6 Å². The number of hydrogen-bond acceptors (Lipinski definition) is 5. The van der Waals surface area contributed by atoms with Crippen LogP contribution in [0.5, 0.6) is 0 Å². The first-order chi connectivity index (χ1) is 10.3. The summed E-state index contributed by atoms with van der Waals surface area (Å²) in [7, 11) is -0.232. The summed E-state index contributed by atoms with van der Waals surface area (Å²) in [6.07, 6.45) is 0.878. The van der Waals surface area contributed by atoms with Crippen LogP contribution in [0.25, 0.3) is 0 Å². The number of halogens is 3. The van der Waals surface area contributed by atoms with Gasteiger partial charge in [0.15, 0.2) is 10.6 Å². The van der Waals surface area contributed by atoms with E-state index in [1.807, 2.05) is 0 Å². The topological polar surface area (TPSA) is 104 Å². The van der Waals surface area contributed by atoms with Gasteiger partial charge in [-0.3, -0.25) is 9.00 Å². The van der Waals surface area contributed by atoms with Crippen LogP contribution in [0.4, 0.5) is 4.39 Å². The van der Waals surface area contributed by atoms with Crippen molar-refractivity contribution in [3.63, 3.8) is 0 Å². The highest BCUT2D eigenvalue weighted by molar-refractivity contribution is 7.86. The number of rotatable bonds is 4. The summed E-state index contributed by atoms with van der Waals surface area (Å²) in [5.74, 6) is -1.84. The van der Waals surface area contributed by atoms with E-state index in [9.17, 15) is 13.4 Å². The molecule has 0 radical (unpaired) electrons. The molecule has 120 valence electrons. The van der Waals surface area contributed by atoms with Crippen LogP contribution in [0.3, 0.4) is 0 Å². The van der Waals surface area contributed by atoms with Crippen molar-refractivity contribution in [2.75, 3.05) is 5.75 Å². The summed E-state index contributed by atoms with van der Waals surface area (Å²) in [5.41, 5.74) is 4.69. The van der Waals surface area contributed by atoms with Gasteiger partial charge >= 0.3 is 0 Å². The molecule has 1 aromatic heterocycles. The normalized spacial score (nSPS) is 26.8. The maximum absolute atomic E-state index is 14.0. The van der Waals surface area contributed by atoms with Gasteiger partial charge < -0.3 is 5.73 Å². The van der Waals surface area contributed by atoms with Gasteiger partial charge in [0.25, 0.3) is 0 Å². The van der Waals surface area contributed by atoms with E-state index in [0.29, 0.717) is 0 Å². The smallest absolute Gasteiger partial charge is 0.249 e. The van der Waals surface area contributed by atoms with Gasteiger partial charge in [0.1, 0.15) is 5.83 Å². The van der Waals surface area contributed by atoms with Crippen LogP contribution in [0.2, 0.25) is 0 Å². The zero-order valence-corrected chi connectivity index (χ0v) is 13.9. The average Bonchev–Trinajstić information content (AvgIpc) is 2.84. The number of allylic oxidation sites excluding steroid dienone is 2. The summed E-state index contributed by atoms with van der Waals surface area (Å²) >= 11 is 12.5. The molecule has 2 N–H and O–H groups in total. The van der Waals surface area contributed by atoms with E-state index in [0.717, 1.165) is 6.08 Å². The van der Waals surface area contributed by atoms with Crippen molar-refractivity contribution in [1.82, 2.24) is 20.2 Å². The summed E-state index contributed by atoms with van der Waals surface area (Å²) in [5, 5.41) is 9.37. The fourth-order valence-corrected chi connectivity index (χ4v) is 5.09. The number of carbonyl (C=O) groups excluding carboxylic acids is 1. The van der Waals surface area contributed by atoms with Gasteiger partial charge in [-0.1, -0.05) is 18.5 Å². The fraction of sp³-hybridized carbons (Fsp3) is 0.455. The Bertz CT molecular complexity index is 719. The number of amides is 1. The molecule has 11 heteroatoms. The lowest BCUT2D eigenvalue weighted by Gasteiger charge is -2.37. The van der Waals surface area contributed by atoms with Crippen LogP contribution in [0, 0.1) is 0 Å². The molecule has 1 amide bonds. The Morgan fingerprint density at radius 1 is 1.64 bits per heavy atom. The van der Waals surface area contributed by atoms with Gasteiger partial charge in [0.2, 0.25) is 5.91 Å². The van der Waals surface area contributed by atoms with E-state index >= 15 is 0 Å². The number of hydrogen-bond donors (Lipinski definition) is 1. The van der Waals surface area contributed by atoms with Crippen molar-refractivity contribution in [3.8, 4) is 0 Å². The number of aromatic nitrogens is 4. The Labute approximate surface area is 137 Å². The molecule has 0 spiro atoms. The molecule has 3 unspecified atom stereocenters. The molecule has 7 nitrogen and oxygen atoms in total. The molecule has 0 saturated carbocycles. The van der Waals surface area contributed by atoms with E-state index in [1.165, 1.54) is 11.7 Å². The minimum Gasteiger partial charge on any atom is -0.366 e. The Morgan fingerprint density at radius 2 is 2.27 bits per heavy atom. The first-order valence-corrected chi connectivity index (χ1v) is 8.24. The van der Waals surface area contributed by atoms with E-state index in [1.54, 1.807) is 6.92 Å². The molecule has 0 aromatic carbocycles. The highest BCUT2D eigenvalue weighted by Crippen LogP contribution is 2.49. The SMILES string of the molecule is CCS(=O)C1(c2nnnn2C)C(Cl)=CC(F)=C(C(N)=O)C1Cl. The molecular weight excluding hydrogens is 356 g/mol. The molecular formula is C11H12Cl2FN5O2S. The largest absolute Gasteiger partial charge is 0.366 e. The maximum atomic E-state index is 14.0. The molecule has 0 saturated heterocycles. The second-order valence-corrected chi connectivity index (χ2v) is 7.23. The maximum Gasteiger partial charge on any atom is 0.249 e. The molecule has 0 bridgehead atoms. The highest BCUT2D eigenvalue weighted by Gasteiger charge is 2.56. The lowest BCUT2D eigenvalue weighted by atomic mass is 9.90. The quantitative estimate of drug-likeness (QED) is 0.785. The monoisotopic (exact) mass is 367 g/mol. The van der Waals surface area contributed by atoms with Gasteiger partial charge in [0.05, 0.1) is 11.0 Å². The minimum absolute atomic E-state index is 0.0557. The number of primary amides is 1. The predicted octanol–water partition coefficient (Wildman–Crippen LogP) is 0.627. The Balaban J connectivity index is 2.81. The second-order valence-electron chi connectivity index (χ2n) is 4.48. The summed E-state index contributed by atoms with van der Waals surface area (Å²) in [6, 6.07) is 0. The van der Waals surface area contributed by atoms with Gasteiger partial charge in [-0.15, -0.1) is 16.7 Å². The average molecular weight is 368 g/mol. The van der Waals surface area contributed by atoms with E-state index in [-0.39, 0.29) is 16.6 Å². The van der Waals surface area contributed by atoms with Crippen molar-refractivity contribution in [2.24, 2.45) is 12.8 Å². The van der Waals surface area contributed by atoms with Crippen LogP contribution >= 0.6 is 23.2 Å². The number of aryl methyl sites for hydroxylation is 1. The van der Waals surface area contributed by atoms with Gasteiger partial charge in [-0.05, 0) is 16.5 Å². The molecule has 0 aliphatic heterocycles. The third-order valence-electron chi connectivity index (χ3n) is 3.32. The number of nitrogens with two attached hydrogens (primary N) is 1. The molecule has 0 fully saturated rings.